The summed E-state index contributed by atoms with van der Waals surface area (Å²) in [5.74, 6) is -0.435. The zero-order chi connectivity index (χ0) is 20.2. The highest BCUT2D eigenvalue weighted by Gasteiger charge is 2.23. The molecule has 1 saturated heterocycles. The smallest absolute Gasteiger partial charge is 0.350 e. The number of fused-ring (bicyclic) bond motifs is 1. The number of nitrogens with one attached hydrogen (secondary N) is 1. The number of benzene rings is 2. The Bertz CT molecular complexity index is 1020. The number of rotatable bonds is 4. The summed E-state index contributed by atoms with van der Waals surface area (Å²) in [5.41, 5.74) is 1.81. The molecule has 4 rings (SSSR count). The minimum absolute atomic E-state index is 0.182. The molecule has 2 amide bonds. The van der Waals surface area contributed by atoms with Crippen LogP contribution in [0.25, 0.3) is 10.8 Å². The highest BCUT2D eigenvalue weighted by atomic mass is 32.1. The number of carbonyl (C=O) groups is 2. The molecule has 0 atom stereocenters. The summed E-state index contributed by atoms with van der Waals surface area (Å²) in [6.45, 7) is 3.78. The van der Waals surface area contributed by atoms with Gasteiger partial charge >= 0.3 is 12.0 Å². The number of esters is 1. The van der Waals surface area contributed by atoms with Gasteiger partial charge in [-0.15, -0.1) is 11.3 Å². The first-order valence-electron chi connectivity index (χ1n) is 9.56. The first-order chi connectivity index (χ1) is 14.2. The lowest BCUT2D eigenvalue weighted by Gasteiger charge is -2.34. The number of carbonyl (C=O) groups excluding carboxylic acids is 2. The summed E-state index contributed by atoms with van der Waals surface area (Å²) in [4.78, 5) is 29.0. The van der Waals surface area contributed by atoms with Gasteiger partial charge in [-0.3, -0.25) is 4.90 Å². The second-order valence-corrected chi connectivity index (χ2v) is 7.90. The molecule has 0 saturated carbocycles. The molecule has 1 N–H and O–H groups in total. The third-order valence-corrected chi connectivity index (χ3v) is 6.11. The Hall–Kier alpha value is -2.90. The molecular weight excluding hydrogens is 386 g/mol. The lowest BCUT2D eigenvalue weighted by atomic mass is 10.0. The van der Waals surface area contributed by atoms with Crippen molar-refractivity contribution in [2.75, 3.05) is 38.6 Å². The van der Waals surface area contributed by atoms with Crippen molar-refractivity contribution in [3.63, 3.8) is 0 Å². The topological polar surface area (TPSA) is 61.9 Å². The van der Waals surface area contributed by atoms with E-state index in [0.29, 0.717) is 23.7 Å². The van der Waals surface area contributed by atoms with E-state index in [-0.39, 0.29) is 6.03 Å². The van der Waals surface area contributed by atoms with E-state index < -0.39 is 5.97 Å². The summed E-state index contributed by atoms with van der Waals surface area (Å²) >= 11 is 1.26. The van der Waals surface area contributed by atoms with Crippen LogP contribution >= 0.6 is 11.3 Å². The van der Waals surface area contributed by atoms with E-state index in [4.69, 9.17) is 4.74 Å². The quantitative estimate of drug-likeness (QED) is 0.661. The van der Waals surface area contributed by atoms with Crippen LogP contribution in [0.2, 0.25) is 0 Å². The molecule has 2 heterocycles. The Morgan fingerprint density at radius 2 is 1.79 bits per heavy atom. The molecule has 3 aromatic rings. The van der Waals surface area contributed by atoms with Crippen LogP contribution in [-0.2, 0) is 11.3 Å². The highest BCUT2D eigenvalue weighted by molar-refractivity contribution is 7.12. The van der Waals surface area contributed by atoms with Crippen LogP contribution in [0.3, 0.4) is 0 Å². The van der Waals surface area contributed by atoms with Gasteiger partial charge in [0, 0.05) is 32.7 Å². The number of thiophene rings is 1. The maximum atomic E-state index is 12.6. The molecule has 0 radical (unpaired) electrons. The van der Waals surface area contributed by atoms with Gasteiger partial charge in [-0.05, 0) is 27.8 Å². The van der Waals surface area contributed by atoms with Crippen molar-refractivity contribution in [2.24, 2.45) is 0 Å². The number of amides is 2. The Labute approximate surface area is 173 Å². The van der Waals surface area contributed by atoms with Gasteiger partial charge in [0.2, 0.25) is 0 Å². The molecule has 0 bridgehead atoms. The molecule has 6 nitrogen and oxygen atoms in total. The van der Waals surface area contributed by atoms with E-state index in [9.17, 15) is 9.59 Å². The van der Waals surface area contributed by atoms with Crippen LogP contribution in [0.4, 0.5) is 10.5 Å². The molecule has 150 valence electrons. The fraction of sp³-hybridized carbons (Fsp3) is 0.273. The van der Waals surface area contributed by atoms with E-state index in [1.54, 1.807) is 16.3 Å². The molecule has 7 heteroatoms. The molecule has 0 aliphatic carbocycles. The van der Waals surface area contributed by atoms with Gasteiger partial charge in [-0.25, -0.2) is 9.59 Å². The van der Waals surface area contributed by atoms with Gasteiger partial charge in [-0.2, -0.15) is 0 Å². The number of methoxy groups -OCH3 is 1. The van der Waals surface area contributed by atoms with Crippen LogP contribution in [0.15, 0.2) is 53.9 Å². The van der Waals surface area contributed by atoms with E-state index in [0.717, 1.165) is 19.6 Å². The largest absolute Gasteiger partial charge is 0.465 e. The van der Waals surface area contributed by atoms with E-state index in [1.165, 1.54) is 34.8 Å². The molecular formula is C22H23N3O3S. The van der Waals surface area contributed by atoms with Gasteiger partial charge in [0.05, 0.1) is 12.8 Å². The number of ether oxygens (including phenoxy) is 1. The number of piperazine rings is 1. The number of hydrogen-bond donors (Lipinski definition) is 1. The Morgan fingerprint density at radius 3 is 2.59 bits per heavy atom. The Morgan fingerprint density at radius 1 is 1.03 bits per heavy atom. The van der Waals surface area contributed by atoms with Crippen molar-refractivity contribution in [3.8, 4) is 0 Å². The van der Waals surface area contributed by atoms with Gasteiger partial charge in [0.25, 0.3) is 0 Å². The third-order valence-electron chi connectivity index (χ3n) is 5.21. The van der Waals surface area contributed by atoms with Crippen molar-refractivity contribution in [2.45, 2.75) is 6.54 Å². The van der Waals surface area contributed by atoms with Crippen molar-refractivity contribution >= 4 is 39.8 Å². The van der Waals surface area contributed by atoms with Crippen LogP contribution in [0.1, 0.15) is 15.2 Å². The summed E-state index contributed by atoms with van der Waals surface area (Å²) in [5, 5.41) is 7.14. The van der Waals surface area contributed by atoms with Crippen molar-refractivity contribution in [3.05, 3.63) is 64.4 Å². The fourth-order valence-electron chi connectivity index (χ4n) is 3.63. The normalized spacial score (nSPS) is 14.7. The molecule has 1 aliphatic heterocycles. The summed E-state index contributed by atoms with van der Waals surface area (Å²) in [6, 6.07) is 16.4. The monoisotopic (exact) mass is 409 g/mol. The van der Waals surface area contributed by atoms with E-state index in [1.807, 2.05) is 0 Å². The fourth-order valence-corrected chi connectivity index (χ4v) is 4.40. The van der Waals surface area contributed by atoms with Gasteiger partial charge in [-0.1, -0.05) is 42.5 Å². The van der Waals surface area contributed by atoms with Gasteiger partial charge < -0.3 is 15.0 Å². The summed E-state index contributed by atoms with van der Waals surface area (Å²) in [6.07, 6.45) is 0. The summed E-state index contributed by atoms with van der Waals surface area (Å²) in [7, 11) is 1.34. The second-order valence-electron chi connectivity index (χ2n) is 6.99. The zero-order valence-corrected chi connectivity index (χ0v) is 17.1. The SMILES string of the molecule is COC(=O)c1sccc1NC(=O)N1CCN(Cc2cccc3ccccc23)CC1. The zero-order valence-electron chi connectivity index (χ0n) is 16.3. The Kier molecular flexibility index (Phi) is 5.78. The maximum Gasteiger partial charge on any atom is 0.350 e. The number of anilines is 1. The molecule has 2 aromatic carbocycles. The first-order valence-corrected chi connectivity index (χ1v) is 10.4. The Balaban J connectivity index is 1.35. The molecule has 1 aromatic heterocycles. The molecule has 1 fully saturated rings. The number of hydrogen-bond acceptors (Lipinski definition) is 5. The summed E-state index contributed by atoms with van der Waals surface area (Å²) < 4.78 is 4.76. The van der Waals surface area contributed by atoms with Crippen LogP contribution in [0, 0.1) is 0 Å². The van der Waals surface area contributed by atoms with Crippen molar-refractivity contribution < 1.29 is 14.3 Å². The minimum atomic E-state index is -0.435. The van der Waals surface area contributed by atoms with Crippen molar-refractivity contribution in [1.82, 2.24) is 9.80 Å². The third kappa shape index (κ3) is 4.26. The average Bonchev–Trinajstić information content (AvgIpc) is 3.22. The molecule has 1 aliphatic rings. The lowest BCUT2D eigenvalue weighted by molar-refractivity contribution is 0.0607. The van der Waals surface area contributed by atoms with Crippen molar-refractivity contribution in [1.29, 1.82) is 0 Å². The predicted octanol–water partition coefficient (Wildman–Crippen LogP) is 4.04. The first kappa shape index (κ1) is 19.4. The second kappa shape index (κ2) is 8.63. The maximum absolute atomic E-state index is 12.6. The van der Waals surface area contributed by atoms with Crippen LogP contribution in [-0.4, -0.2) is 55.1 Å². The molecule has 0 spiro atoms. The van der Waals surface area contributed by atoms with Gasteiger partial charge in [0.1, 0.15) is 4.88 Å². The number of urea groups is 1. The van der Waals surface area contributed by atoms with Crippen LogP contribution < -0.4 is 5.32 Å². The predicted molar refractivity (Wildman–Crippen MR) is 115 cm³/mol. The average molecular weight is 410 g/mol. The van der Waals surface area contributed by atoms with E-state index >= 15 is 0 Å². The van der Waals surface area contributed by atoms with Gasteiger partial charge in [0.15, 0.2) is 0 Å². The number of nitrogens with zero attached hydrogens (tertiary/aromatic N) is 2. The molecule has 0 unspecified atom stereocenters. The highest BCUT2D eigenvalue weighted by Crippen LogP contribution is 2.24. The molecule has 29 heavy (non-hydrogen) atoms. The van der Waals surface area contributed by atoms with Crippen LogP contribution in [0.5, 0.6) is 0 Å². The minimum Gasteiger partial charge on any atom is -0.465 e. The standard InChI is InChI=1S/C22H23N3O3S/c1-28-21(26)20-19(9-14-29-20)23-22(27)25-12-10-24(11-13-25)15-17-7-4-6-16-5-2-3-8-18(16)17/h2-9,14H,10-13,15H2,1H3,(H,23,27). The van der Waals surface area contributed by atoms with E-state index in [2.05, 4.69) is 52.7 Å². The lowest BCUT2D eigenvalue weighted by Crippen LogP contribution is -2.49.